The van der Waals surface area contributed by atoms with Crippen LogP contribution in [-0.2, 0) is 9.53 Å². The summed E-state index contributed by atoms with van der Waals surface area (Å²) in [6.45, 7) is 9.63. The van der Waals surface area contributed by atoms with E-state index in [1.54, 1.807) is 69.7 Å². The monoisotopic (exact) mass is 567 g/mol. The van der Waals surface area contributed by atoms with Crippen LogP contribution < -0.4 is 16.0 Å². The average Bonchev–Trinajstić information content (AvgIpc) is 2.93. The second-order valence-electron chi connectivity index (χ2n) is 10.5. The van der Waals surface area contributed by atoms with Gasteiger partial charge in [-0.05, 0) is 57.2 Å². The van der Waals surface area contributed by atoms with Crippen molar-refractivity contribution in [3.63, 3.8) is 0 Å². The highest BCUT2D eigenvalue weighted by atomic mass is 16.6. The zero-order valence-electron chi connectivity index (χ0n) is 23.3. The molecular formula is C29H29N9O4. The topological polar surface area (TPSA) is 164 Å². The Bertz CT molecular complexity index is 1660. The molecule has 42 heavy (non-hydrogen) atoms. The third kappa shape index (κ3) is 6.63. The molecule has 0 saturated carbocycles. The fraction of sp³-hybridized carbons (Fsp3) is 0.241. The number of likely N-dealkylation sites (tertiary alicyclic amines) is 1. The smallest absolute Gasteiger partial charge is 0.410 e. The van der Waals surface area contributed by atoms with Crippen molar-refractivity contribution in [3.05, 3.63) is 73.5 Å². The molecule has 0 atom stereocenters. The molecule has 1 aliphatic heterocycles. The summed E-state index contributed by atoms with van der Waals surface area (Å²) in [5.41, 5.74) is 2.36. The van der Waals surface area contributed by atoms with E-state index in [0.29, 0.717) is 47.3 Å². The molecular weight excluding hydrogens is 538 g/mol. The molecule has 1 fully saturated rings. The summed E-state index contributed by atoms with van der Waals surface area (Å²) in [4.78, 5) is 60.1. The Morgan fingerprint density at radius 1 is 1.00 bits per heavy atom. The third-order valence-electron chi connectivity index (χ3n) is 6.08. The Labute approximate surface area is 241 Å². The Kier molecular flexibility index (Phi) is 7.74. The molecule has 13 heteroatoms. The second-order valence-corrected chi connectivity index (χ2v) is 10.5. The van der Waals surface area contributed by atoms with Gasteiger partial charge in [-0.3, -0.25) is 19.6 Å². The summed E-state index contributed by atoms with van der Waals surface area (Å²) >= 11 is 0. The van der Waals surface area contributed by atoms with Gasteiger partial charge in [0, 0.05) is 42.8 Å². The molecule has 0 bridgehead atoms. The molecule has 3 amide bonds. The van der Waals surface area contributed by atoms with Crippen molar-refractivity contribution in [3.8, 4) is 11.4 Å². The molecule has 0 radical (unpaired) electrons. The Balaban J connectivity index is 1.24. The van der Waals surface area contributed by atoms with Crippen LogP contribution in [0.25, 0.3) is 22.3 Å². The van der Waals surface area contributed by atoms with Gasteiger partial charge in [0.25, 0.3) is 5.91 Å². The normalized spacial score (nSPS) is 13.2. The highest BCUT2D eigenvalue weighted by molar-refractivity contribution is 5.99. The third-order valence-corrected chi connectivity index (χ3v) is 6.08. The molecule has 214 valence electrons. The second kappa shape index (κ2) is 11.6. The van der Waals surface area contributed by atoms with Crippen molar-refractivity contribution < 1.29 is 19.1 Å². The zero-order valence-corrected chi connectivity index (χ0v) is 23.3. The average molecular weight is 568 g/mol. The first kappa shape index (κ1) is 28.1. The molecule has 4 aromatic rings. The quantitative estimate of drug-likeness (QED) is 0.281. The number of pyridine rings is 3. The van der Waals surface area contributed by atoms with E-state index in [-0.39, 0.29) is 23.6 Å². The van der Waals surface area contributed by atoms with Crippen LogP contribution in [0.3, 0.4) is 0 Å². The Morgan fingerprint density at radius 2 is 1.79 bits per heavy atom. The van der Waals surface area contributed by atoms with Crippen LogP contribution in [0.5, 0.6) is 0 Å². The van der Waals surface area contributed by atoms with E-state index < -0.39 is 11.7 Å². The number of amides is 3. The number of nitrogens with one attached hydrogen (secondary N) is 3. The largest absolute Gasteiger partial charge is 0.444 e. The van der Waals surface area contributed by atoms with E-state index in [1.165, 1.54) is 17.2 Å². The van der Waals surface area contributed by atoms with E-state index >= 15 is 0 Å². The lowest BCUT2D eigenvalue weighted by atomic mass is 10.1. The van der Waals surface area contributed by atoms with Crippen LogP contribution in [0.2, 0.25) is 0 Å². The Hall–Kier alpha value is -5.46. The van der Waals surface area contributed by atoms with Gasteiger partial charge in [-0.2, -0.15) is 0 Å². The van der Waals surface area contributed by atoms with Crippen LogP contribution >= 0.6 is 0 Å². The van der Waals surface area contributed by atoms with E-state index in [9.17, 15) is 14.4 Å². The maximum Gasteiger partial charge on any atom is 0.410 e. The number of rotatable bonds is 7. The number of carbonyl (C=O) groups is 3. The lowest BCUT2D eigenvalue weighted by Gasteiger charge is -2.39. The number of hydrogen-bond donors (Lipinski definition) is 3. The van der Waals surface area contributed by atoms with Crippen LogP contribution in [0.4, 0.5) is 22.1 Å². The lowest BCUT2D eigenvalue weighted by Crippen LogP contribution is -2.61. The number of aromatic nitrogens is 5. The number of ether oxygens (including phenoxy) is 1. The minimum atomic E-state index is -0.572. The lowest BCUT2D eigenvalue weighted by molar-refractivity contribution is -0.111. The van der Waals surface area contributed by atoms with Gasteiger partial charge < -0.3 is 25.6 Å². The van der Waals surface area contributed by atoms with Crippen LogP contribution in [0.1, 0.15) is 31.3 Å². The van der Waals surface area contributed by atoms with Gasteiger partial charge in [-0.15, -0.1) is 0 Å². The molecule has 3 N–H and O–H groups in total. The SMILES string of the molecule is C=CC(=O)Nc1ccnc(-c2nccc3cnc(Nc4ccc(C(=O)NC5CN(C(=O)OC(C)(C)C)C5)nc4)nc23)c1. The van der Waals surface area contributed by atoms with Gasteiger partial charge in [0.1, 0.15) is 22.5 Å². The molecule has 13 nitrogen and oxygen atoms in total. The predicted molar refractivity (Wildman–Crippen MR) is 156 cm³/mol. The van der Waals surface area contributed by atoms with Crippen molar-refractivity contribution in [1.29, 1.82) is 0 Å². The van der Waals surface area contributed by atoms with Gasteiger partial charge in [0.2, 0.25) is 11.9 Å². The van der Waals surface area contributed by atoms with Crippen LogP contribution in [0, 0.1) is 0 Å². The first-order valence-corrected chi connectivity index (χ1v) is 13.1. The zero-order chi connectivity index (χ0) is 29.9. The number of carbonyl (C=O) groups excluding carboxylic acids is 3. The summed E-state index contributed by atoms with van der Waals surface area (Å²) in [6.07, 6.45) is 7.16. The fourth-order valence-corrected chi connectivity index (χ4v) is 4.07. The van der Waals surface area contributed by atoms with Gasteiger partial charge in [0.15, 0.2) is 0 Å². The molecule has 4 aromatic heterocycles. The van der Waals surface area contributed by atoms with Crippen molar-refractivity contribution >= 4 is 46.1 Å². The van der Waals surface area contributed by atoms with Crippen LogP contribution in [-0.4, -0.2) is 72.5 Å². The minimum absolute atomic E-state index is 0.174. The highest BCUT2D eigenvalue weighted by Crippen LogP contribution is 2.26. The van der Waals surface area contributed by atoms with Gasteiger partial charge in [-0.25, -0.2) is 19.7 Å². The van der Waals surface area contributed by atoms with Crippen molar-refractivity contribution in [2.75, 3.05) is 23.7 Å². The molecule has 0 unspecified atom stereocenters. The molecule has 0 spiro atoms. The van der Waals surface area contributed by atoms with Crippen molar-refractivity contribution in [2.24, 2.45) is 0 Å². The van der Waals surface area contributed by atoms with Gasteiger partial charge in [0.05, 0.1) is 23.6 Å². The molecule has 5 rings (SSSR count). The fourth-order valence-electron chi connectivity index (χ4n) is 4.07. The van der Waals surface area contributed by atoms with Gasteiger partial charge >= 0.3 is 6.09 Å². The standard InChI is InChI=1S/C29H29N9O4/c1-5-23(39)34-18-9-11-30-22(12-18)25-24-17(8-10-31-25)13-33-27(37-24)36-19-6-7-21(32-14-19)26(40)35-20-15-38(16-20)28(41)42-29(2,3)4/h5-14,20H,1,15-16H2,2-4H3,(H,35,40)(H,30,34,39)(H,33,36,37). The summed E-state index contributed by atoms with van der Waals surface area (Å²) in [5, 5.41) is 9.43. The number of fused-ring (bicyclic) bond motifs is 1. The molecule has 1 aliphatic rings. The summed E-state index contributed by atoms with van der Waals surface area (Å²) in [5.74, 6) is -0.382. The first-order chi connectivity index (χ1) is 20.1. The molecule has 0 aromatic carbocycles. The van der Waals surface area contributed by atoms with E-state index in [1.807, 2.05) is 0 Å². The molecule has 0 aliphatic carbocycles. The first-order valence-electron chi connectivity index (χ1n) is 13.1. The minimum Gasteiger partial charge on any atom is -0.444 e. The predicted octanol–water partition coefficient (Wildman–Crippen LogP) is 3.70. The number of hydrogen-bond acceptors (Lipinski definition) is 10. The van der Waals surface area contributed by atoms with Crippen LogP contribution in [0.15, 0.2) is 67.8 Å². The van der Waals surface area contributed by atoms with Crippen molar-refractivity contribution in [1.82, 2.24) is 35.1 Å². The van der Waals surface area contributed by atoms with Gasteiger partial charge in [-0.1, -0.05) is 6.58 Å². The Morgan fingerprint density at radius 3 is 2.50 bits per heavy atom. The number of anilines is 3. The highest BCUT2D eigenvalue weighted by Gasteiger charge is 2.34. The maximum absolute atomic E-state index is 12.6. The summed E-state index contributed by atoms with van der Waals surface area (Å²) in [7, 11) is 0. The van der Waals surface area contributed by atoms with E-state index in [4.69, 9.17) is 4.74 Å². The molecule has 1 saturated heterocycles. The van der Waals surface area contributed by atoms with Crippen molar-refractivity contribution in [2.45, 2.75) is 32.4 Å². The summed E-state index contributed by atoms with van der Waals surface area (Å²) in [6, 6.07) is 8.26. The van der Waals surface area contributed by atoms with E-state index in [2.05, 4.69) is 47.4 Å². The maximum atomic E-state index is 12.6. The van der Waals surface area contributed by atoms with E-state index in [0.717, 1.165) is 5.39 Å². The molecule has 5 heterocycles. The summed E-state index contributed by atoms with van der Waals surface area (Å²) < 4.78 is 5.34. The number of nitrogens with zero attached hydrogens (tertiary/aromatic N) is 6.